The minimum absolute atomic E-state index is 0.0913. The molecule has 0 saturated heterocycles. The fourth-order valence-electron chi connectivity index (χ4n) is 11.0. The normalized spacial score (nSPS) is 34.7. The molecule has 4 aliphatic carbocycles. The molecule has 0 spiro atoms. The number of hydrogen-bond acceptors (Lipinski definition) is 11. The Balaban J connectivity index is 1.58. The molecule has 4 aliphatic rings. The van der Waals surface area contributed by atoms with Gasteiger partial charge >= 0.3 is 23.9 Å². The van der Waals surface area contributed by atoms with Gasteiger partial charge in [0.25, 0.3) is 0 Å². The first-order chi connectivity index (χ1) is 24.4. The third-order valence-corrected chi connectivity index (χ3v) is 13.7. The predicted octanol–water partition coefficient (Wildman–Crippen LogP) is 5.58. The molecule has 4 saturated carbocycles. The van der Waals surface area contributed by atoms with E-state index in [1.54, 1.807) is 0 Å². The second-order valence-electron chi connectivity index (χ2n) is 16.7. The molecule has 0 aromatic heterocycles. The van der Waals surface area contributed by atoms with Crippen molar-refractivity contribution in [3.8, 4) is 0 Å². The summed E-state index contributed by atoms with van der Waals surface area (Å²) in [5, 5.41) is 0. The summed E-state index contributed by atoms with van der Waals surface area (Å²) < 4.78 is 24.3. The van der Waals surface area contributed by atoms with Crippen molar-refractivity contribution in [3.05, 3.63) is 0 Å². The number of rotatable bonds is 19. The lowest BCUT2D eigenvalue weighted by atomic mass is 9.43. The van der Waals surface area contributed by atoms with E-state index >= 15 is 0 Å². The first kappa shape index (κ1) is 41.5. The highest BCUT2D eigenvalue weighted by molar-refractivity contribution is 5.71. The average Bonchev–Trinajstić information content (AvgIpc) is 3.44. The average molecular weight is 720 g/mol. The largest absolute Gasteiger partial charge is 0.466 e. The van der Waals surface area contributed by atoms with Crippen LogP contribution in [0.3, 0.4) is 0 Å². The minimum atomic E-state index is -0.370. The number of carbonyl (C=O) groups excluding carboxylic acids is 4. The van der Waals surface area contributed by atoms with E-state index in [-0.39, 0.29) is 127 Å². The van der Waals surface area contributed by atoms with Crippen molar-refractivity contribution in [1.82, 2.24) is 0 Å². The van der Waals surface area contributed by atoms with E-state index in [2.05, 4.69) is 27.7 Å². The first-order valence-electron chi connectivity index (χ1n) is 20.3. The van der Waals surface area contributed by atoms with Gasteiger partial charge in [0, 0.05) is 37.4 Å². The molecule has 4 fully saturated rings. The number of hydrogen-bond donors (Lipinski definition) is 3. The van der Waals surface area contributed by atoms with Gasteiger partial charge in [-0.25, -0.2) is 0 Å². The van der Waals surface area contributed by atoms with Crippen molar-refractivity contribution in [1.29, 1.82) is 0 Å². The molecule has 0 heterocycles. The van der Waals surface area contributed by atoms with E-state index < -0.39 is 0 Å². The smallest absolute Gasteiger partial charge is 0.307 e. The van der Waals surface area contributed by atoms with Crippen LogP contribution in [0.4, 0.5) is 0 Å². The first-order valence-corrected chi connectivity index (χ1v) is 20.3. The summed E-state index contributed by atoms with van der Waals surface area (Å²) in [6.07, 6.45) is 11.9. The van der Waals surface area contributed by atoms with Gasteiger partial charge in [-0.05, 0) is 92.8 Å². The third-order valence-electron chi connectivity index (χ3n) is 13.7. The highest BCUT2D eigenvalue weighted by Crippen LogP contribution is 2.69. The van der Waals surface area contributed by atoms with E-state index in [9.17, 15) is 19.2 Å². The molecule has 6 N–H and O–H groups in total. The Bertz CT molecular complexity index is 1170. The number of ether oxygens (including phenoxy) is 4. The van der Waals surface area contributed by atoms with Crippen LogP contribution in [0.15, 0.2) is 0 Å². The summed E-state index contributed by atoms with van der Waals surface area (Å²) in [5.41, 5.74) is 16.7. The number of nitrogens with two attached hydrogens (primary N) is 3. The molecule has 0 aliphatic heterocycles. The van der Waals surface area contributed by atoms with Crippen LogP contribution in [0.1, 0.15) is 137 Å². The van der Waals surface area contributed by atoms with Crippen LogP contribution < -0.4 is 17.2 Å². The van der Waals surface area contributed by atoms with Crippen molar-refractivity contribution < 1.29 is 38.1 Å². The van der Waals surface area contributed by atoms with Gasteiger partial charge in [-0.3, -0.25) is 19.2 Å². The second kappa shape index (κ2) is 19.2. The summed E-state index contributed by atoms with van der Waals surface area (Å²) in [4.78, 5) is 51.5. The van der Waals surface area contributed by atoms with Gasteiger partial charge in [-0.2, -0.15) is 0 Å². The van der Waals surface area contributed by atoms with E-state index in [4.69, 9.17) is 36.1 Å². The van der Waals surface area contributed by atoms with Crippen molar-refractivity contribution in [3.63, 3.8) is 0 Å². The summed E-state index contributed by atoms with van der Waals surface area (Å²) in [6, 6.07) is 0. The summed E-state index contributed by atoms with van der Waals surface area (Å²) in [7, 11) is 0. The van der Waals surface area contributed by atoms with Crippen molar-refractivity contribution in [2.75, 3.05) is 26.2 Å². The molecular formula is C40H69N3O8. The standard InChI is InChI=1S/C40H69N3O8/c1-5-6-7-8-9-22-48-34(44)13-10-26(2)29-11-12-30-38-31(25-33(40(29,30)4)51-37(47)17-21-43)39(3)18-14-28(49-35(45)15-19-41)23-27(39)24-32(38)50-36(46)16-20-42/h26-33,38H,5-25,41-43H2,1-4H3/t26-,27?,28-,29?,30+,31+,32-,33+,38?,39+,40-/m1/s1. The maximum Gasteiger partial charge on any atom is 0.307 e. The van der Waals surface area contributed by atoms with Gasteiger partial charge in [0.05, 0.1) is 25.9 Å². The zero-order valence-corrected chi connectivity index (χ0v) is 32.0. The van der Waals surface area contributed by atoms with Gasteiger partial charge in [-0.15, -0.1) is 0 Å². The van der Waals surface area contributed by atoms with Crippen LogP contribution in [-0.4, -0.2) is 68.4 Å². The van der Waals surface area contributed by atoms with Crippen LogP contribution in [0.2, 0.25) is 0 Å². The van der Waals surface area contributed by atoms with Gasteiger partial charge in [-0.1, -0.05) is 53.4 Å². The zero-order valence-electron chi connectivity index (χ0n) is 32.0. The monoisotopic (exact) mass is 720 g/mol. The molecule has 3 unspecified atom stereocenters. The summed E-state index contributed by atoms with van der Waals surface area (Å²) in [6.45, 7) is 10.2. The van der Waals surface area contributed by atoms with E-state index in [1.807, 2.05) is 0 Å². The molecule has 11 heteroatoms. The molecule has 292 valence electrons. The summed E-state index contributed by atoms with van der Waals surface area (Å²) >= 11 is 0. The highest BCUT2D eigenvalue weighted by atomic mass is 16.6. The molecular weight excluding hydrogens is 650 g/mol. The van der Waals surface area contributed by atoms with Gasteiger partial charge in [0.2, 0.25) is 0 Å². The predicted molar refractivity (Wildman–Crippen MR) is 195 cm³/mol. The molecule has 0 aromatic carbocycles. The zero-order chi connectivity index (χ0) is 37.2. The number of esters is 4. The molecule has 11 nitrogen and oxygen atoms in total. The molecule has 0 bridgehead atoms. The molecule has 0 amide bonds. The minimum Gasteiger partial charge on any atom is -0.466 e. The summed E-state index contributed by atoms with van der Waals surface area (Å²) in [5.74, 6) is -0.00580. The number of unbranched alkanes of at least 4 members (excludes halogenated alkanes) is 4. The molecule has 11 atom stereocenters. The fraction of sp³-hybridized carbons (Fsp3) is 0.900. The maximum absolute atomic E-state index is 13.2. The van der Waals surface area contributed by atoms with Crippen LogP contribution in [0.25, 0.3) is 0 Å². The van der Waals surface area contributed by atoms with Crippen molar-refractivity contribution in [2.24, 2.45) is 63.5 Å². The lowest BCUT2D eigenvalue weighted by molar-refractivity contribution is -0.225. The SMILES string of the molecule is CCCCCCCOC(=O)CC[C@@H](C)C1CC[C@H]2C3[C@H](OC(=O)CCN)CC4C[C@H](OC(=O)CCN)CC[C@]4(C)[C@H]3C[C@H](OC(=O)CCN)[C@]12C. The lowest BCUT2D eigenvalue weighted by Crippen LogP contribution is -2.63. The highest BCUT2D eigenvalue weighted by Gasteiger charge is 2.67. The molecule has 4 rings (SSSR count). The lowest BCUT2D eigenvalue weighted by Gasteiger charge is -2.64. The van der Waals surface area contributed by atoms with Crippen LogP contribution in [0.5, 0.6) is 0 Å². The van der Waals surface area contributed by atoms with Crippen LogP contribution in [-0.2, 0) is 38.1 Å². The Hall–Kier alpha value is -2.24. The van der Waals surface area contributed by atoms with E-state index in [0.717, 1.165) is 38.5 Å². The van der Waals surface area contributed by atoms with Crippen molar-refractivity contribution in [2.45, 2.75) is 155 Å². The Morgan fingerprint density at radius 3 is 2.04 bits per heavy atom. The second-order valence-corrected chi connectivity index (χ2v) is 16.7. The molecule has 0 aromatic rings. The van der Waals surface area contributed by atoms with Gasteiger partial charge in [0.15, 0.2) is 0 Å². The Morgan fingerprint density at radius 2 is 1.37 bits per heavy atom. The molecule has 0 radical (unpaired) electrons. The number of fused-ring (bicyclic) bond motifs is 5. The third kappa shape index (κ3) is 9.85. The fourth-order valence-corrected chi connectivity index (χ4v) is 11.0. The maximum atomic E-state index is 13.2. The van der Waals surface area contributed by atoms with Gasteiger partial charge < -0.3 is 36.1 Å². The molecule has 51 heavy (non-hydrogen) atoms. The number of carbonyl (C=O) groups is 4. The van der Waals surface area contributed by atoms with Crippen LogP contribution in [0, 0.1) is 46.3 Å². The Kier molecular flexibility index (Phi) is 15.6. The quantitative estimate of drug-likeness (QED) is 0.0861. The van der Waals surface area contributed by atoms with Crippen molar-refractivity contribution >= 4 is 23.9 Å². The Labute approximate surface area is 306 Å². The Morgan fingerprint density at radius 1 is 0.725 bits per heavy atom. The topological polar surface area (TPSA) is 183 Å². The van der Waals surface area contributed by atoms with Crippen LogP contribution >= 0.6 is 0 Å². The van der Waals surface area contributed by atoms with E-state index in [1.165, 1.54) is 19.3 Å². The van der Waals surface area contributed by atoms with Gasteiger partial charge in [0.1, 0.15) is 18.3 Å². The van der Waals surface area contributed by atoms with E-state index in [0.29, 0.717) is 38.7 Å².